The second-order valence-electron chi connectivity index (χ2n) is 7.75. The molecule has 0 heteroatoms. The van der Waals surface area contributed by atoms with Crippen LogP contribution in [0.5, 0.6) is 0 Å². The van der Waals surface area contributed by atoms with Crippen LogP contribution < -0.4 is 0 Å². The van der Waals surface area contributed by atoms with Gasteiger partial charge in [0.05, 0.1) is 0 Å². The summed E-state index contributed by atoms with van der Waals surface area (Å²) in [6.07, 6.45) is 9.49. The Morgan fingerprint density at radius 1 is 1.00 bits per heavy atom. The number of hydrogen-bond acceptors (Lipinski definition) is 0. The smallest absolute Gasteiger partial charge is 0.0120 e. The molecule has 0 unspecified atom stereocenters. The Hall–Kier alpha value is -1.82. The maximum Gasteiger partial charge on any atom is -0.0120 e. The van der Waals surface area contributed by atoms with Crippen molar-refractivity contribution in [3.8, 4) is 0 Å². The summed E-state index contributed by atoms with van der Waals surface area (Å²) in [4.78, 5) is 0. The topological polar surface area (TPSA) is 0 Å². The van der Waals surface area contributed by atoms with E-state index in [2.05, 4.69) is 105 Å². The zero-order valence-corrected chi connectivity index (χ0v) is 22.8. The van der Waals surface area contributed by atoms with Gasteiger partial charge < -0.3 is 0 Å². The van der Waals surface area contributed by atoms with Gasteiger partial charge >= 0.3 is 0 Å². The molecule has 0 amide bonds. The Labute approximate surface area is 197 Å². The van der Waals surface area contributed by atoms with E-state index >= 15 is 0 Å². The van der Waals surface area contributed by atoms with Gasteiger partial charge in [0.2, 0.25) is 0 Å². The standard InChI is InChI=1S/C24H36.C3H8.C2H6.C2H4/c1-8-13-22(17-16-18(4)9-2)24(21(7)19(5)10-3)23-15-12-11-14-20(23)6;1-3-2;2*1-2/h10-12,14-15,18H,7-9,13,16-17H2,1-6H3;3H2,1-2H3;1-2H3;1-2H2/b19-10-,24-22+;;;/t18-;;;/m1.../s1. The molecule has 1 rings (SSSR count). The van der Waals surface area contributed by atoms with Gasteiger partial charge in [0.15, 0.2) is 0 Å². The third kappa shape index (κ3) is 14.0. The van der Waals surface area contributed by atoms with Crippen molar-refractivity contribution in [1.29, 1.82) is 0 Å². The molecule has 0 nitrogen and oxygen atoms in total. The largest absolute Gasteiger partial charge is 0.106 e. The van der Waals surface area contributed by atoms with Crippen molar-refractivity contribution in [2.75, 3.05) is 0 Å². The zero-order chi connectivity index (χ0) is 24.8. The molecular formula is C31H54. The van der Waals surface area contributed by atoms with Gasteiger partial charge in [-0.3, -0.25) is 0 Å². The normalized spacial score (nSPS) is 12.0. The van der Waals surface area contributed by atoms with Crippen LogP contribution in [0, 0.1) is 12.8 Å². The molecule has 0 N–H and O–H groups in total. The van der Waals surface area contributed by atoms with Crippen LogP contribution in [0.3, 0.4) is 0 Å². The number of rotatable bonds is 9. The van der Waals surface area contributed by atoms with Gasteiger partial charge in [-0.2, -0.15) is 0 Å². The van der Waals surface area contributed by atoms with Crippen LogP contribution in [-0.4, -0.2) is 0 Å². The fourth-order valence-corrected chi connectivity index (χ4v) is 3.09. The lowest BCUT2D eigenvalue weighted by molar-refractivity contribution is 0.511. The van der Waals surface area contributed by atoms with Gasteiger partial charge in [-0.25, -0.2) is 0 Å². The van der Waals surface area contributed by atoms with Gasteiger partial charge in [-0.05, 0) is 73.8 Å². The highest BCUT2D eigenvalue weighted by atomic mass is 14.2. The molecule has 1 aromatic rings. The van der Waals surface area contributed by atoms with Gasteiger partial charge in [-0.1, -0.05) is 110 Å². The summed E-state index contributed by atoms with van der Waals surface area (Å²) in [5.74, 6) is 0.783. The first-order chi connectivity index (χ1) is 14.9. The summed E-state index contributed by atoms with van der Waals surface area (Å²) >= 11 is 0. The van der Waals surface area contributed by atoms with Crippen molar-refractivity contribution in [2.24, 2.45) is 5.92 Å². The number of hydrogen-bond donors (Lipinski definition) is 0. The molecule has 0 aliphatic rings. The minimum atomic E-state index is 0.783. The summed E-state index contributed by atoms with van der Waals surface area (Å²) in [7, 11) is 0. The average molecular weight is 427 g/mol. The molecule has 0 radical (unpaired) electrons. The van der Waals surface area contributed by atoms with Crippen LogP contribution in [-0.2, 0) is 0 Å². The molecule has 31 heavy (non-hydrogen) atoms. The molecule has 0 aromatic heterocycles. The third-order valence-corrected chi connectivity index (χ3v) is 5.17. The third-order valence-electron chi connectivity index (χ3n) is 5.17. The van der Waals surface area contributed by atoms with E-state index in [9.17, 15) is 0 Å². The SMILES string of the molecule is C=C.C=C(/C(C)=C\C)/C(=C(/CCC)CC[C@H](C)CC)c1ccccc1C.CC.CCC. The molecular weight excluding hydrogens is 372 g/mol. The van der Waals surface area contributed by atoms with Gasteiger partial charge in [0.25, 0.3) is 0 Å². The van der Waals surface area contributed by atoms with E-state index in [0.717, 1.165) is 12.3 Å². The molecule has 178 valence electrons. The number of allylic oxidation sites excluding steroid dienone is 5. The van der Waals surface area contributed by atoms with E-state index in [-0.39, 0.29) is 0 Å². The van der Waals surface area contributed by atoms with Crippen molar-refractivity contribution in [2.45, 2.75) is 108 Å². The zero-order valence-electron chi connectivity index (χ0n) is 22.8. The Balaban J connectivity index is -0.000000999. The highest BCUT2D eigenvalue weighted by Gasteiger charge is 2.16. The second kappa shape index (κ2) is 22.9. The van der Waals surface area contributed by atoms with Gasteiger partial charge in [0, 0.05) is 0 Å². The fourth-order valence-electron chi connectivity index (χ4n) is 3.09. The van der Waals surface area contributed by atoms with E-state index in [0.29, 0.717) is 0 Å². The van der Waals surface area contributed by atoms with E-state index in [1.165, 1.54) is 60.0 Å². The molecule has 0 bridgehead atoms. The average Bonchev–Trinajstić information content (AvgIpc) is 2.81. The summed E-state index contributed by atoms with van der Waals surface area (Å²) < 4.78 is 0. The predicted octanol–water partition coefficient (Wildman–Crippen LogP) is 11.1. The molecule has 0 aliphatic carbocycles. The van der Waals surface area contributed by atoms with Crippen molar-refractivity contribution in [3.05, 3.63) is 77.9 Å². The molecule has 0 saturated carbocycles. The summed E-state index contributed by atoms with van der Waals surface area (Å²) in [6, 6.07) is 8.75. The van der Waals surface area contributed by atoms with Crippen molar-refractivity contribution >= 4 is 5.57 Å². The maximum atomic E-state index is 4.47. The first kappa shape index (κ1) is 33.8. The minimum Gasteiger partial charge on any atom is -0.106 e. The Morgan fingerprint density at radius 3 is 1.94 bits per heavy atom. The maximum absolute atomic E-state index is 4.47. The monoisotopic (exact) mass is 426 g/mol. The van der Waals surface area contributed by atoms with Crippen molar-refractivity contribution in [1.82, 2.24) is 0 Å². The molecule has 0 fully saturated rings. The first-order valence-electron chi connectivity index (χ1n) is 12.5. The van der Waals surface area contributed by atoms with E-state index in [1.807, 2.05) is 13.8 Å². The summed E-state index contributed by atoms with van der Waals surface area (Å²) in [5, 5.41) is 0. The Morgan fingerprint density at radius 2 is 1.52 bits per heavy atom. The lowest BCUT2D eigenvalue weighted by atomic mass is 9.84. The minimum absolute atomic E-state index is 0.783. The van der Waals surface area contributed by atoms with Gasteiger partial charge in [0.1, 0.15) is 0 Å². The van der Waals surface area contributed by atoms with Crippen molar-refractivity contribution < 1.29 is 0 Å². The lowest BCUT2D eigenvalue weighted by Gasteiger charge is -2.21. The lowest BCUT2D eigenvalue weighted by Crippen LogP contribution is -2.02. The molecule has 1 aromatic carbocycles. The van der Waals surface area contributed by atoms with Crippen LogP contribution in [0.25, 0.3) is 5.57 Å². The first-order valence-corrected chi connectivity index (χ1v) is 12.5. The summed E-state index contributed by atoms with van der Waals surface area (Å²) in [5.41, 5.74) is 8.16. The second-order valence-corrected chi connectivity index (χ2v) is 7.75. The van der Waals surface area contributed by atoms with E-state index in [4.69, 9.17) is 0 Å². The van der Waals surface area contributed by atoms with Crippen LogP contribution in [0.4, 0.5) is 0 Å². The van der Waals surface area contributed by atoms with Crippen LogP contribution in [0.1, 0.15) is 112 Å². The number of benzene rings is 1. The summed E-state index contributed by atoms with van der Waals surface area (Å²) in [6.45, 7) is 32.2. The Kier molecular flexibility index (Phi) is 24.9. The molecule has 0 heterocycles. The van der Waals surface area contributed by atoms with Crippen LogP contribution >= 0.6 is 0 Å². The van der Waals surface area contributed by atoms with Crippen LogP contribution in [0.15, 0.2) is 66.8 Å². The quantitative estimate of drug-likeness (QED) is 0.272. The highest BCUT2D eigenvalue weighted by molar-refractivity contribution is 5.86. The molecule has 1 atom stereocenters. The molecule has 0 saturated heterocycles. The van der Waals surface area contributed by atoms with Gasteiger partial charge in [-0.15, -0.1) is 13.2 Å². The van der Waals surface area contributed by atoms with Crippen molar-refractivity contribution in [3.63, 3.8) is 0 Å². The van der Waals surface area contributed by atoms with E-state index in [1.54, 1.807) is 5.57 Å². The molecule has 0 spiro atoms. The fraction of sp³-hybridized carbons (Fsp3) is 0.548. The molecule has 0 aliphatic heterocycles. The highest BCUT2D eigenvalue weighted by Crippen LogP contribution is 2.36. The number of aryl methyl sites for hydroxylation is 1. The Bertz CT molecular complexity index is 627. The van der Waals surface area contributed by atoms with Crippen LogP contribution in [0.2, 0.25) is 0 Å². The van der Waals surface area contributed by atoms with E-state index < -0.39 is 0 Å². The predicted molar refractivity (Wildman–Crippen MR) is 149 cm³/mol.